The average molecular weight is 557 g/mol. The predicted octanol–water partition coefficient (Wildman–Crippen LogP) is 4.34. The molecule has 41 heavy (non-hydrogen) atoms. The molecule has 0 saturated carbocycles. The van der Waals surface area contributed by atoms with Crippen molar-refractivity contribution < 1.29 is 14.4 Å². The fraction of sp³-hybridized carbons (Fsp3) is 0.333. The van der Waals surface area contributed by atoms with E-state index in [0.29, 0.717) is 29.3 Å². The van der Waals surface area contributed by atoms with Gasteiger partial charge in [0.05, 0.1) is 17.8 Å². The topological polar surface area (TPSA) is 126 Å². The van der Waals surface area contributed by atoms with Gasteiger partial charge >= 0.3 is 6.03 Å². The monoisotopic (exact) mass is 556 g/mol. The van der Waals surface area contributed by atoms with Crippen LogP contribution >= 0.6 is 0 Å². The summed E-state index contributed by atoms with van der Waals surface area (Å²) in [6.45, 7) is 9.46. The number of urea groups is 1. The number of rotatable bonds is 6. The summed E-state index contributed by atoms with van der Waals surface area (Å²) >= 11 is 0. The quantitative estimate of drug-likeness (QED) is 0.335. The molecule has 1 saturated heterocycles. The van der Waals surface area contributed by atoms with E-state index in [4.69, 9.17) is 0 Å². The lowest BCUT2D eigenvalue weighted by Gasteiger charge is -2.39. The Balaban J connectivity index is 1.24. The highest BCUT2D eigenvalue weighted by Gasteiger charge is 2.45. The van der Waals surface area contributed by atoms with Crippen LogP contribution in [-0.4, -0.2) is 76.0 Å². The number of H-pyrrole nitrogens is 1. The van der Waals surface area contributed by atoms with Crippen molar-refractivity contribution in [3.63, 3.8) is 0 Å². The molecule has 4 N–H and O–H groups in total. The molecule has 2 aromatic carbocycles. The van der Waals surface area contributed by atoms with E-state index < -0.39 is 5.54 Å². The normalized spacial score (nSPS) is 16.5. The molecule has 3 aromatic rings. The fourth-order valence-corrected chi connectivity index (χ4v) is 5.15. The molecule has 0 unspecified atom stereocenters. The van der Waals surface area contributed by atoms with Crippen molar-refractivity contribution in [3.8, 4) is 0 Å². The Bertz CT molecular complexity index is 1470. The van der Waals surface area contributed by atoms with Crippen molar-refractivity contribution >= 4 is 40.7 Å². The number of carbonyl (C=O) groups excluding carboxylic acids is 3. The SMILES string of the molecule is C/C=C/C(=O)Nc1ccc(C(=O)Nc2cccc(Nc3n[nH]c4c3CN(C(=O)N3CCN(C)CC3)C4(C)C)c2)cc1. The maximum Gasteiger partial charge on any atom is 0.321 e. The van der Waals surface area contributed by atoms with Crippen LogP contribution in [0.2, 0.25) is 0 Å². The summed E-state index contributed by atoms with van der Waals surface area (Å²) in [5, 5.41) is 16.7. The smallest absolute Gasteiger partial charge is 0.321 e. The third-order valence-electron chi connectivity index (χ3n) is 7.59. The lowest BCUT2D eigenvalue weighted by Crippen LogP contribution is -2.54. The van der Waals surface area contributed by atoms with Crippen LogP contribution in [0.25, 0.3) is 0 Å². The molecular weight excluding hydrogens is 520 g/mol. The number of anilines is 4. The summed E-state index contributed by atoms with van der Waals surface area (Å²) in [5.74, 6) is 0.157. The van der Waals surface area contributed by atoms with E-state index in [9.17, 15) is 14.4 Å². The maximum absolute atomic E-state index is 13.4. The molecular formula is C30H36N8O3. The maximum atomic E-state index is 13.4. The Labute approximate surface area is 239 Å². The second-order valence-corrected chi connectivity index (χ2v) is 10.9. The van der Waals surface area contributed by atoms with Gasteiger partial charge in [-0.1, -0.05) is 12.1 Å². The highest BCUT2D eigenvalue weighted by Crippen LogP contribution is 2.41. The van der Waals surface area contributed by atoms with Crippen molar-refractivity contribution in [2.45, 2.75) is 32.9 Å². The van der Waals surface area contributed by atoms with Gasteiger partial charge in [-0.2, -0.15) is 5.10 Å². The van der Waals surface area contributed by atoms with Gasteiger partial charge in [0.1, 0.15) is 0 Å². The number of benzene rings is 2. The number of hydrogen-bond acceptors (Lipinski definition) is 6. The number of likely N-dealkylation sites (N-methyl/N-ethyl adjacent to an activating group) is 1. The molecule has 2 aliphatic heterocycles. The van der Waals surface area contributed by atoms with Crippen LogP contribution in [0.4, 0.5) is 27.7 Å². The van der Waals surface area contributed by atoms with Crippen LogP contribution in [0.15, 0.2) is 60.7 Å². The number of piperazine rings is 1. The molecule has 0 spiro atoms. The van der Waals surface area contributed by atoms with E-state index in [1.807, 2.05) is 47.9 Å². The zero-order chi connectivity index (χ0) is 29.1. The van der Waals surface area contributed by atoms with Gasteiger partial charge < -0.3 is 30.7 Å². The van der Waals surface area contributed by atoms with E-state index >= 15 is 0 Å². The second-order valence-electron chi connectivity index (χ2n) is 10.9. The summed E-state index contributed by atoms with van der Waals surface area (Å²) in [5.41, 5.74) is 3.78. The molecule has 0 atom stereocenters. The molecule has 11 nitrogen and oxygen atoms in total. The third-order valence-corrected chi connectivity index (χ3v) is 7.59. The number of carbonyl (C=O) groups is 3. The first-order valence-corrected chi connectivity index (χ1v) is 13.7. The summed E-state index contributed by atoms with van der Waals surface area (Å²) in [6.07, 6.45) is 3.09. The Kier molecular flexibility index (Phi) is 7.80. The number of aromatic nitrogens is 2. The fourth-order valence-electron chi connectivity index (χ4n) is 5.15. The highest BCUT2D eigenvalue weighted by atomic mass is 16.2. The van der Waals surface area contributed by atoms with Gasteiger partial charge in [-0.25, -0.2) is 4.79 Å². The van der Waals surface area contributed by atoms with Gasteiger partial charge in [0.15, 0.2) is 5.82 Å². The first kappa shape index (κ1) is 27.9. The number of hydrogen-bond donors (Lipinski definition) is 4. The van der Waals surface area contributed by atoms with Crippen molar-refractivity contribution in [2.24, 2.45) is 0 Å². The number of nitrogens with zero attached hydrogens (tertiary/aromatic N) is 4. The summed E-state index contributed by atoms with van der Waals surface area (Å²) in [4.78, 5) is 44.1. The van der Waals surface area contributed by atoms with Gasteiger partial charge in [-0.15, -0.1) is 0 Å². The third kappa shape index (κ3) is 5.94. The first-order valence-electron chi connectivity index (χ1n) is 13.7. The summed E-state index contributed by atoms with van der Waals surface area (Å²) < 4.78 is 0. The number of aromatic amines is 1. The van der Waals surface area contributed by atoms with Crippen molar-refractivity contribution in [2.75, 3.05) is 49.2 Å². The standard InChI is InChI=1S/C30H36N8O3/c1-5-7-25(39)31-21-12-10-20(11-13-21)28(40)33-23-9-6-8-22(18-23)32-27-24-19-38(30(2,3)26(24)34-35-27)29(41)37-16-14-36(4)15-17-37/h5-13,18H,14-17,19H2,1-4H3,(H,31,39)(H,33,40)(H2,32,34,35)/b7-5+. The Morgan fingerprint density at radius 1 is 0.951 bits per heavy atom. The predicted molar refractivity (Wildman–Crippen MR) is 159 cm³/mol. The first-order chi connectivity index (χ1) is 19.7. The number of fused-ring (bicyclic) bond motifs is 1. The molecule has 5 rings (SSSR count). The van der Waals surface area contributed by atoms with Gasteiger partial charge in [-0.05, 0) is 76.4 Å². The largest absolute Gasteiger partial charge is 0.338 e. The molecule has 3 heterocycles. The van der Waals surface area contributed by atoms with E-state index in [1.165, 1.54) is 6.08 Å². The number of amides is 4. The summed E-state index contributed by atoms with van der Waals surface area (Å²) in [7, 11) is 2.07. The van der Waals surface area contributed by atoms with Gasteiger partial charge in [-0.3, -0.25) is 14.7 Å². The second kappa shape index (κ2) is 11.5. The van der Waals surface area contributed by atoms with Crippen LogP contribution in [0.3, 0.4) is 0 Å². The molecule has 214 valence electrons. The number of nitrogens with one attached hydrogen (secondary N) is 4. The minimum absolute atomic E-state index is 0.0385. The molecule has 4 amide bonds. The van der Waals surface area contributed by atoms with Crippen molar-refractivity contribution in [1.29, 1.82) is 0 Å². The van der Waals surface area contributed by atoms with Crippen LogP contribution in [0, 0.1) is 0 Å². The zero-order valence-corrected chi connectivity index (χ0v) is 23.8. The average Bonchev–Trinajstić information content (AvgIpc) is 3.47. The minimum atomic E-state index is -0.524. The van der Waals surface area contributed by atoms with Gasteiger partial charge in [0, 0.05) is 54.4 Å². The Morgan fingerprint density at radius 2 is 1.66 bits per heavy atom. The van der Waals surface area contributed by atoms with Gasteiger partial charge in [0.25, 0.3) is 5.91 Å². The Morgan fingerprint density at radius 3 is 2.37 bits per heavy atom. The molecule has 11 heteroatoms. The van der Waals surface area contributed by atoms with Crippen LogP contribution in [0.5, 0.6) is 0 Å². The molecule has 1 fully saturated rings. The molecule has 1 aromatic heterocycles. The van der Waals surface area contributed by atoms with E-state index in [1.54, 1.807) is 37.3 Å². The molecule has 0 radical (unpaired) electrons. The van der Waals surface area contributed by atoms with Crippen molar-refractivity contribution in [3.05, 3.63) is 77.5 Å². The zero-order valence-electron chi connectivity index (χ0n) is 23.8. The lowest BCUT2D eigenvalue weighted by atomic mass is 10.0. The van der Waals surface area contributed by atoms with Crippen LogP contribution < -0.4 is 16.0 Å². The van der Waals surface area contributed by atoms with E-state index in [2.05, 4.69) is 38.1 Å². The van der Waals surface area contributed by atoms with Crippen LogP contribution in [0.1, 0.15) is 42.4 Å². The highest BCUT2D eigenvalue weighted by molar-refractivity contribution is 6.05. The lowest BCUT2D eigenvalue weighted by molar-refractivity contribution is -0.111. The summed E-state index contributed by atoms with van der Waals surface area (Å²) in [6, 6.07) is 14.1. The molecule has 2 aliphatic rings. The Hall–Kier alpha value is -4.64. The van der Waals surface area contributed by atoms with Gasteiger partial charge in [0.2, 0.25) is 5.91 Å². The van der Waals surface area contributed by atoms with E-state index in [-0.39, 0.29) is 17.8 Å². The molecule has 0 aliphatic carbocycles. The van der Waals surface area contributed by atoms with E-state index in [0.717, 1.165) is 43.1 Å². The van der Waals surface area contributed by atoms with Crippen molar-refractivity contribution in [1.82, 2.24) is 24.9 Å². The number of allylic oxidation sites excluding steroid dienone is 1. The molecule has 0 bridgehead atoms. The van der Waals surface area contributed by atoms with Crippen LogP contribution in [-0.2, 0) is 16.9 Å². The minimum Gasteiger partial charge on any atom is -0.338 e.